The average molecular weight is 621 g/mol. The molecule has 0 bridgehead atoms. The molecule has 3 aromatic carbocycles. The summed E-state index contributed by atoms with van der Waals surface area (Å²) in [6, 6.07) is 17.6. The van der Waals surface area contributed by atoms with Gasteiger partial charge in [0.1, 0.15) is 11.5 Å². The van der Waals surface area contributed by atoms with Crippen molar-refractivity contribution in [3.8, 4) is 11.5 Å². The molecule has 0 fully saturated rings. The molecular formula is C27H30BrN3O5S2. The lowest BCUT2D eigenvalue weighted by Gasteiger charge is -2.16. The van der Waals surface area contributed by atoms with Gasteiger partial charge in [0.15, 0.2) is 5.11 Å². The Labute approximate surface area is 237 Å². The molecule has 0 aliphatic heterocycles. The third-order valence-electron chi connectivity index (χ3n) is 5.48. The van der Waals surface area contributed by atoms with Crippen LogP contribution in [0, 0.1) is 0 Å². The molecule has 0 aliphatic carbocycles. The number of hydrogen-bond acceptors (Lipinski definition) is 6. The topological polar surface area (TPSA) is 106 Å². The minimum absolute atomic E-state index is 0.0716. The first-order valence-electron chi connectivity index (χ1n) is 12.0. The highest BCUT2D eigenvalue weighted by atomic mass is 79.9. The van der Waals surface area contributed by atoms with Crippen molar-refractivity contribution in [2.24, 2.45) is 0 Å². The number of sulfonamides is 1. The van der Waals surface area contributed by atoms with Crippen molar-refractivity contribution in [3.63, 3.8) is 0 Å². The molecule has 0 aliphatic rings. The largest absolute Gasteiger partial charge is 0.497 e. The lowest BCUT2D eigenvalue weighted by Crippen LogP contribution is -2.34. The third kappa shape index (κ3) is 8.44. The van der Waals surface area contributed by atoms with E-state index in [1.807, 2.05) is 6.92 Å². The number of methoxy groups -OCH3 is 1. The van der Waals surface area contributed by atoms with Gasteiger partial charge in [0.25, 0.3) is 15.9 Å². The van der Waals surface area contributed by atoms with Gasteiger partial charge in [-0.3, -0.25) is 14.8 Å². The highest BCUT2D eigenvalue weighted by molar-refractivity contribution is 9.10. The number of unbranched alkanes of at least 4 members (excludes halogenated alkanes) is 1. The van der Waals surface area contributed by atoms with Crippen LogP contribution in [0.25, 0.3) is 0 Å². The fourth-order valence-electron chi connectivity index (χ4n) is 3.43. The second-order valence-corrected chi connectivity index (χ2v) is 11.4. The van der Waals surface area contributed by atoms with Crippen molar-refractivity contribution >= 4 is 60.6 Å². The zero-order valence-corrected chi connectivity index (χ0v) is 24.5. The van der Waals surface area contributed by atoms with Gasteiger partial charge < -0.3 is 14.8 Å². The van der Waals surface area contributed by atoms with Gasteiger partial charge in [-0.05, 0) is 108 Å². The smallest absolute Gasteiger partial charge is 0.261 e. The normalized spacial score (nSPS) is 11.8. The molecule has 3 N–H and O–H groups in total. The first kappa shape index (κ1) is 29.4. The zero-order valence-electron chi connectivity index (χ0n) is 21.3. The van der Waals surface area contributed by atoms with E-state index in [2.05, 4.69) is 38.2 Å². The lowest BCUT2D eigenvalue weighted by atomic mass is 10.2. The van der Waals surface area contributed by atoms with Crippen molar-refractivity contribution in [3.05, 3.63) is 76.8 Å². The summed E-state index contributed by atoms with van der Waals surface area (Å²) in [5.74, 6) is 0.900. The van der Waals surface area contributed by atoms with Gasteiger partial charge >= 0.3 is 0 Å². The highest BCUT2D eigenvalue weighted by Gasteiger charge is 2.16. The lowest BCUT2D eigenvalue weighted by molar-refractivity contribution is 0.0977. The van der Waals surface area contributed by atoms with Crippen LogP contribution in [0.15, 0.2) is 76.1 Å². The van der Waals surface area contributed by atoms with Crippen LogP contribution in [-0.4, -0.2) is 32.7 Å². The number of ether oxygens (including phenoxy) is 2. The van der Waals surface area contributed by atoms with E-state index in [0.29, 0.717) is 32.9 Å². The Kier molecular flexibility index (Phi) is 10.5. The van der Waals surface area contributed by atoms with Crippen molar-refractivity contribution in [2.45, 2.75) is 44.1 Å². The van der Waals surface area contributed by atoms with E-state index in [1.54, 1.807) is 54.6 Å². The van der Waals surface area contributed by atoms with Crippen LogP contribution in [-0.2, 0) is 10.0 Å². The van der Waals surface area contributed by atoms with E-state index in [0.717, 1.165) is 19.3 Å². The molecule has 11 heteroatoms. The second-order valence-electron chi connectivity index (χ2n) is 8.48. The molecule has 0 radical (unpaired) electrons. The SMILES string of the molecule is CCCCC(C)Oc1ccc(C(=O)NC(=S)Nc2ccc(S(=O)(=O)Nc3ccc(OC)cc3)cc2)cc1Br. The molecule has 202 valence electrons. The molecule has 0 spiro atoms. The number of carbonyl (C=O) groups is 1. The molecule has 1 unspecified atom stereocenters. The minimum Gasteiger partial charge on any atom is -0.497 e. The molecule has 3 rings (SSSR count). The third-order valence-corrected chi connectivity index (χ3v) is 7.70. The van der Waals surface area contributed by atoms with Crippen LogP contribution >= 0.6 is 28.1 Å². The van der Waals surface area contributed by atoms with Crippen molar-refractivity contribution < 1.29 is 22.7 Å². The molecule has 38 heavy (non-hydrogen) atoms. The van der Waals surface area contributed by atoms with Crippen LogP contribution in [0.1, 0.15) is 43.5 Å². The predicted molar refractivity (Wildman–Crippen MR) is 158 cm³/mol. The maximum Gasteiger partial charge on any atom is 0.261 e. The van der Waals surface area contributed by atoms with Crippen LogP contribution in [0.3, 0.4) is 0 Å². The van der Waals surface area contributed by atoms with E-state index < -0.39 is 15.9 Å². The number of halogens is 1. The molecule has 3 aromatic rings. The summed E-state index contributed by atoms with van der Waals surface area (Å²) in [6.07, 6.45) is 3.22. The number of hydrogen-bond donors (Lipinski definition) is 3. The standard InChI is InChI=1S/C27H30BrN3O5S2/c1-4-5-6-18(2)36-25-16-7-19(17-24(25)28)26(32)30-27(37)29-20-10-14-23(15-11-20)38(33,34)31-21-8-12-22(35-3)13-9-21/h7-18,31H,4-6H2,1-3H3,(H2,29,30,32,37). The minimum atomic E-state index is -3.79. The molecule has 0 saturated carbocycles. The van der Waals surface area contributed by atoms with E-state index in [-0.39, 0.29) is 16.1 Å². The van der Waals surface area contributed by atoms with Gasteiger partial charge in [0.2, 0.25) is 0 Å². The number of amides is 1. The maximum absolute atomic E-state index is 12.7. The molecule has 1 amide bonds. The number of nitrogens with one attached hydrogen (secondary N) is 3. The summed E-state index contributed by atoms with van der Waals surface area (Å²) in [7, 11) is -2.25. The quantitative estimate of drug-likeness (QED) is 0.215. The Bertz CT molecular complexity index is 1360. The molecule has 0 aromatic heterocycles. The van der Waals surface area contributed by atoms with Gasteiger partial charge in [-0.2, -0.15) is 0 Å². The summed E-state index contributed by atoms with van der Waals surface area (Å²) in [5, 5.41) is 5.59. The number of thiocarbonyl (C=S) groups is 1. The molecule has 8 nitrogen and oxygen atoms in total. The molecule has 0 saturated heterocycles. The Morgan fingerprint density at radius 3 is 2.29 bits per heavy atom. The Hall–Kier alpha value is -3.15. The number of carbonyl (C=O) groups excluding carboxylic acids is 1. The molecule has 0 heterocycles. The van der Waals surface area contributed by atoms with E-state index in [9.17, 15) is 13.2 Å². The number of rotatable bonds is 11. The van der Waals surface area contributed by atoms with Crippen LogP contribution in [0.5, 0.6) is 11.5 Å². The van der Waals surface area contributed by atoms with Gasteiger partial charge in [0.05, 0.1) is 22.6 Å². The molecule has 1 atom stereocenters. The fourth-order valence-corrected chi connectivity index (χ4v) is 5.17. The van der Waals surface area contributed by atoms with Gasteiger partial charge in [-0.15, -0.1) is 0 Å². The Morgan fingerprint density at radius 2 is 1.68 bits per heavy atom. The van der Waals surface area contributed by atoms with Gasteiger partial charge in [0, 0.05) is 16.9 Å². The average Bonchev–Trinajstić information content (AvgIpc) is 2.89. The van der Waals surface area contributed by atoms with E-state index >= 15 is 0 Å². The van der Waals surface area contributed by atoms with E-state index in [1.165, 1.54) is 19.2 Å². The number of anilines is 2. The first-order valence-corrected chi connectivity index (χ1v) is 14.6. The fraction of sp³-hybridized carbons (Fsp3) is 0.259. The second kappa shape index (κ2) is 13.6. The van der Waals surface area contributed by atoms with Crippen molar-refractivity contribution in [1.29, 1.82) is 0 Å². The Morgan fingerprint density at radius 1 is 1.03 bits per heavy atom. The van der Waals surface area contributed by atoms with E-state index in [4.69, 9.17) is 21.7 Å². The van der Waals surface area contributed by atoms with Gasteiger partial charge in [-0.1, -0.05) is 19.8 Å². The summed E-state index contributed by atoms with van der Waals surface area (Å²) in [5.41, 5.74) is 1.33. The van der Waals surface area contributed by atoms with Crippen molar-refractivity contribution in [1.82, 2.24) is 5.32 Å². The Balaban J connectivity index is 1.56. The summed E-state index contributed by atoms with van der Waals surface area (Å²) < 4.78 is 39.6. The number of benzene rings is 3. The van der Waals surface area contributed by atoms with Crippen LogP contribution in [0.4, 0.5) is 11.4 Å². The first-order chi connectivity index (χ1) is 18.1. The zero-order chi connectivity index (χ0) is 27.7. The van der Waals surface area contributed by atoms with Gasteiger partial charge in [-0.25, -0.2) is 8.42 Å². The summed E-state index contributed by atoms with van der Waals surface area (Å²) in [6.45, 7) is 4.16. The predicted octanol–water partition coefficient (Wildman–Crippen LogP) is 6.34. The summed E-state index contributed by atoms with van der Waals surface area (Å²) >= 11 is 8.73. The maximum atomic E-state index is 12.7. The van der Waals surface area contributed by atoms with Crippen molar-refractivity contribution in [2.75, 3.05) is 17.1 Å². The molecular weight excluding hydrogens is 590 g/mol. The van der Waals surface area contributed by atoms with Crippen LogP contribution < -0.4 is 24.8 Å². The highest BCUT2D eigenvalue weighted by Crippen LogP contribution is 2.28. The summed E-state index contributed by atoms with van der Waals surface area (Å²) in [4.78, 5) is 12.8. The van der Waals surface area contributed by atoms with Crippen LogP contribution in [0.2, 0.25) is 0 Å². The monoisotopic (exact) mass is 619 g/mol.